The van der Waals surface area contributed by atoms with Crippen molar-refractivity contribution in [3.8, 4) is 17.6 Å². The van der Waals surface area contributed by atoms with Crippen LogP contribution in [0.5, 0.6) is 11.5 Å². The number of ether oxygens (including phenoxy) is 2. The van der Waals surface area contributed by atoms with Crippen LogP contribution in [0.2, 0.25) is 0 Å². The SMILES string of the molecule is COc1cc(/C=C(\C#N)C(=O)Nc2ccc(C)cc2C)ccc1OCC(C)C. The number of amides is 1. The maximum absolute atomic E-state index is 12.5. The molecule has 0 fully saturated rings. The Balaban J connectivity index is 2.23. The van der Waals surface area contributed by atoms with Gasteiger partial charge < -0.3 is 14.8 Å². The topological polar surface area (TPSA) is 71.3 Å². The molecule has 5 heteroatoms. The molecule has 0 atom stereocenters. The molecule has 2 rings (SSSR count). The van der Waals surface area contributed by atoms with Crippen molar-refractivity contribution >= 4 is 17.7 Å². The van der Waals surface area contributed by atoms with Gasteiger partial charge in [0.15, 0.2) is 11.5 Å². The standard InChI is InChI=1S/C23H26N2O3/c1-15(2)14-28-21-9-7-18(12-22(21)27-5)11-19(13-24)23(26)25-20-8-6-16(3)10-17(20)4/h6-12,15H,14H2,1-5H3,(H,25,26)/b19-11+. The molecule has 28 heavy (non-hydrogen) atoms. The van der Waals surface area contributed by atoms with Crippen molar-refractivity contribution in [2.24, 2.45) is 5.92 Å². The highest BCUT2D eigenvalue weighted by Gasteiger charge is 2.12. The third kappa shape index (κ3) is 5.62. The minimum atomic E-state index is -0.450. The Kier molecular flexibility index (Phi) is 7.22. The van der Waals surface area contributed by atoms with Crippen LogP contribution in [0.4, 0.5) is 5.69 Å². The number of rotatable bonds is 7. The van der Waals surface area contributed by atoms with Crippen LogP contribution in [0.25, 0.3) is 6.08 Å². The number of anilines is 1. The largest absolute Gasteiger partial charge is 0.493 e. The zero-order valence-corrected chi connectivity index (χ0v) is 17.0. The first kappa shape index (κ1) is 21.0. The molecule has 0 saturated heterocycles. The summed E-state index contributed by atoms with van der Waals surface area (Å²) in [4.78, 5) is 12.5. The van der Waals surface area contributed by atoms with Crippen LogP contribution in [0.3, 0.4) is 0 Å². The second kappa shape index (κ2) is 9.61. The van der Waals surface area contributed by atoms with Gasteiger partial charge in [0.2, 0.25) is 0 Å². The van der Waals surface area contributed by atoms with Gasteiger partial charge >= 0.3 is 0 Å². The molecule has 0 heterocycles. The first-order valence-corrected chi connectivity index (χ1v) is 9.15. The van der Waals surface area contributed by atoms with Gasteiger partial charge in [-0.05, 0) is 55.2 Å². The number of hydrogen-bond donors (Lipinski definition) is 1. The molecule has 0 unspecified atom stereocenters. The summed E-state index contributed by atoms with van der Waals surface area (Å²) in [7, 11) is 1.56. The summed E-state index contributed by atoms with van der Waals surface area (Å²) in [6, 6.07) is 13.0. The van der Waals surface area contributed by atoms with Crippen LogP contribution in [-0.2, 0) is 4.79 Å². The number of methoxy groups -OCH3 is 1. The van der Waals surface area contributed by atoms with Gasteiger partial charge in [-0.25, -0.2) is 0 Å². The second-order valence-corrected chi connectivity index (χ2v) is 7.06. The van der Waals surface area contributed by atoms with Crippen LogP contribution in [0.15, 0.2) is 42.0 Å². The lowest BCUT2D eigenvalue weighted by molar-refractivity contribution is -0.112. The van der Waals surface area contributed by atoms with Crippen LogP contribution in [0, 0.1) is 31.1 Å². The van der Waals surface area contributed by atoms with Crippen LogP contribution in [0.1, 0.15) is 30.5 Å². The summed E-state index contributed by atoms with van der Waals surface area (Å²) in [5.74, 6) is 1.13. The number of carbonyl (C=O) groups is 1. The third-order valence-corrected chi connectivity index (χ3v) is 4.07. The molecule has 0 aliphatic rings. The molecule has 1 amide bonds. The van der Waals surface area contributed by atoms with Gasteiger partial charge in [-0.2, -0.15) is 5.26 Å². The van der Waals surface area contributed by atoms with E-state index in [9.17, 15) is 10.1 Å². The molecule has 0 aromatic heterocycles. The van der Waals surface area contributed by atoms with Crippen LogP contribution < -0.4 is 14.8 Å². The van der Waals surface area contributed by atoms with E-state index in [0.717, 1.165) is 11.1 Å². The Morgan fingerprint density at radius 1 is 1.18 bits per heavy atom. The molecule has 2 aromatic rings. The summed E-state index contributed by atoms with van der Waals surface area (Å²) in [5, 5.41) is 12.2. The van der Waals surface area contributed by atoms with E-state index >= 15 is 0 Å². The third-order valence-electron chi connectivity index (χ3n) is 4.07. The molecule has 0 bridgehead atoms. The van der Waals surface area contributed by atoms with E-state index in [-0.39, 0.29) is 5.57 Å². The lowest BCUT2D eigenvalue weighted by Gasteiger charge is -2.13. The first-order chi connectivity index (χ1) is 13.3. The highest BCUT2D eigenvalue weighted by molar-refractivity contribution is 6.10. The number of nitriles is 1. The van der Waals surface area contributed by atoms with E-state index in [1.807, 2.05) is 38.1 Å². The number of nitrogens with one attached hydrogen (secondary N) is 1. The van der Waals surface area contributed by atoms with Crippen molar-refractivity contribution in [1.29, 1.82) is 5.26 Å². The van der Waals surface area contributed by atoms with Crippen LogP contribution in [-0.4, -0.2) is 19.6 Å². The highest BCUT2D eigenvalue weighted by Crippen LogP contribution is 2.29. The van der Waals surface area contributed by atoms with Gasteiger partial charge in [0, 0.05) is 5.69 Å². The molecule has 0 aliphatic carbocycles. The van der Waals surface area contributed by atoms with Gasteiger partial charge in [-0.15, -0.1) is 0 Å². The fraction of sp³-hybridized carbons (Fsp3) is 0.304. The summed E-state index contributed by atoms with van der Waals surface area (Å²) < 4.78 is 11.1. The molecule has 146 valence electrons. The van der Waals surface area contributed by atoms with Crippen LogP contribution >= 0.6 is 0 Å². The number of hydrogen-bond acceptors (Lipinski definition) is 4. The molecular weight excluding hydrogens is 352 g/mol. The van der Waals surface area contributed by atoms with Gasteiger partial charge in [0.05, 0.1) is 13.7 Å². The fourth-order valence-electron chi connectivity index (χ4n) is 2.61. The molecule has 0 radical (unpaired) electrons. The van der Waals surface area contributed by atoms with Crippen molar-refractivity contribution in [3.63, 3.8) is 0 Å². The van der Waals surface area contributed by atoms with Gasteiger partial charge in [-0.3, -0.25) is 4.79 Å². The predicted molar refractivity (Wildman–Crippen MR) is 111 cm³/mol. The molecule has 0 aliphatic heterocycles. The summed E-state index contributed by atoms with van der Waals surface area (Å²) in [5.41, 5.74) is 3.43. The van der Waals surface area contributed by atoms with Crippen molar-refractivity contribution in [3.05, 3.63) is 58.7 Å². The molecule has 5 nitrogen and oxygen atoms in total. The summed E-state index contributed by atoms with van der Waals surface area (Å²) in [6.07, 6.45) is 1.54. The van der Waals surface area contributed by atoms with E-state index in [2.05, 4.69) is 19.2 Å². The van der Waals surface area contributed by atoms with Gasteiger partial charge in [0.1, 0.15) is 11.6 Å². The number of benzene rings is 2. The quantitative estimate of drug-likeness (QED) is 0.550. The van der Waals surface area contributed by atoms with Gasteiger partial charge in [0.25, 0.3) is 5.91 Å². The molecule has 0 saturated carbocycles. The average Bonchev–Trinajstić information content (AvgIpc) is 2.66. The minimum Gasteiger partial charge on any atom is -0.493 e. The normalized spacial score (nSPS) is 11.1. The van der Waals surface area contributed by atoms with E-state index < -0.39 is 5.91 Å². The Bertz CT molecular complexity index is 924. The number of carbonyl (C=O) groups excluding carboxylic acids is 1. The summed E-state index contributed by atoms with van der Waals surface area (Å²) in [6.45, 7) is 8.61. The molecule has 0 spiro atoms. The Hall–Kier alpha value is -3.26. The maximum atomic E-state index is 12.5. The summed E-state index contributed by atoms with van der Waals surface area (Å²) >= 11 is 0. The number of nitrogens with zero attached hydrogens (tertiary/aromatic N) is 1. The molecule has 2 aromatic carbocycles. The zero-order valence-electron chi connectivity index (χ0n) is 17.0. The average molecular weight is 378 g/mol. The first-order valence-electron chi connectivity index (χ1n) is 9.15. The lowest BCUT2D eigenvalue weighted by Crippen LogP contribution is -2.14. The highest BCUT2D eigenvalue weighted by atomic mass is 16.5. The van der Waals surface area contributed by atoms with Crippen molar-refractivity contribution in [2.75, 3.05) is 19.0 Å². The van der Waals surface area contributed by atoms with E-state index in [1.165, 1.54) is 6.08 Å². The van der Waals surface area contributed by atoms with E-state index in [4.69, 9.17) is 9.47 Å². The number of aryl methyl sites for hydroxylation is 2. The maximum Gasteiger partial charge on any atom is 0.266 e. The smallest absolute Gasteiger partial charge is 0.266 e. The molecule has 1 N–H and O–H groups in total. The monoisotopic (exact) mass is 378 g/mol. The van der Waals surface area contributed by atoms with Gasteiger partial charge in [-0.1, -0.05) is 37.6 Å². The van der Waals surface area contributed by atoms with Crippen molar-refractivity contribution in [1.82, 2.24) is 0 Å². The Labute approximate surface area is 166 Å². The van der Waals surface area contributed by atoms with E-state index in [0.29, 0.717) is 35.3 Å². The zero-order chi connectivity index (χ0) is 20.7. The van der Waals surface area contributed by atoms with Crippen molar-refractivity contribution < 1.29 is 14.3 Å². The molecular formula is C23H26N2O3. The predicted octanol–water partition coefficient (Wildman–Crippen LogP) is 4.89. The lowest BCUT2D eigenvalue weighted by atomic mass is 10.1. The fourth-order valence-corrected chi connectivity index (χ4v) is 2.61. The Morgan fingerprint density at radius 2 is 1.93 bits per heavy atom. The van der Waals surface area contributed by atoms with E-state index in [1.54, 1.807) is 25.3 Å². The minimum absolute atomic E-state index is 0.0119. The Morgan fingerprint density at radius 3 is 2.54 bits per heavy atom. The van der Waals surface area contributed by atoms with Crippen molar-refractivity contribution in [2.45, 2.75) is 27.7 Å². The second-order valence-electron chi connectivity index (χ2n) is 7.06.